The van der Waals surface area contributed by atoms with Gasteiger partial charge in [0.05, 0.1) is 11.0 Å². The highest BCUT2D eigenvalue weighted by molar-refractivity contribution is 5.84. The summed E-state index contributed by atoms with van der Waals surface area (Å²) in [4.78, 5) is 21.9. The Kier molecular flexibility index (Phi) is 4.32. The molecule has 1 aromatic carbocycles. The van der Waals surface area contributed by atoms with E-state index in [0.29, 0.717) is 13.1 Å². The van der Waals surface area contributed by atoms with Gasteiger partial charge < -0.3 is 9.88 Å². The number of likely N-dealkylation sites (N-methyl/N-ethyl adjacent to an activating group) is 1. The van der Waals surface area contributed by atoms with Crippen LogP contribution in [0.4, 0.5) is 0 Å². The van der Waals surface area contributed by atoms with Gasteiger partial charge in [0.1, 0.15) is 12.4 Å². The molecule has 3 rings (SSSR count). The topological polar surface area (TPSA) is 64.6 Å². The largest absolute Gasteiger partial charge is 0.344 e. The fraction of sp³-hybridized carbons (Fsp3) is 0.471. The van der Waals surface area contributed by atoms with E-state index in [2.05, 4.69) is 28.1 Å². The Hall–Kier alpha value is -2.37. The van der Waals surface area contributed by atoms with Gasteiger partial charge in [0.25, 0.3) is 0 Å². The molecule has 1 N–H and O–H groups in total. The first kappa shape index (κ1) is 15.5. The molecule has 1 aliphatic rings. The molecular weight excluding hydrogens is 290 g/mol. The summed E-state index contributed by atoms with van der Waals surface area (Å²) < 4.78 is 0. The lowest BCUT2D eigenvalue weighted by atomic mass is 10.2. The van der Waals surface area contributed by atoms with Gasteiger partial charge in [0, 0.05) is 38.7 Å². The van der Waals surface area contributed by atoms with E-state index < -0.39 is 0 Å². The minimum atomic E-state index is 0.0933. The van der Waals surface area contributed by atoms with Gasteiger partial charge in [-0.2, -0.15) is 5.10 Å². The fourth-order valence-electron chi connectivity index (χ4n) is 2.77. The van der Waals surface area contributed by atoms with Crippen molar-refractivity contribution in [2.24, 2.45) is 5.10 Å². The third-order valence-corrected chi connectivity index (χ3v) is 4.23. The number of benzene rings is 1. The van der Waals surface area contributed by atoms with Crippen LogP contribution in [0.5, 0.6) is 0 Å². The molecule has 1 amide bonds. The Balaban J connectivity index is 1.56. The molecule has 6 nitrogen and oxygen atoms in total. The molecule has 2 heterocycles. The monoisotopic (exact) mass is 313 g/mol. The van der Waals surface area contributed by atoms with Crippen molar-refractivity contribution in [3.05, 3.63) is 29.6 Å². The van der Waals surface area contributed by atoms with Crippen LogP contribution in [0.2, 0.25) is 0 Å². The average Bonchev–Trinajstić information content (AvgIpc) is 3.11. The summed E-state index contributed by atoms with van der Waals surface area (Å²) in [6, 6.07) is 6.11. The van der Waals surface area contributed by atoms with Crippen LogP contribution in [-0.4, -0.2) is 58.2 Å². The number of imidazole rings is 1. The molecule has 0 aliphatic carbocycles. The number of nitrogens with one attached hydrogen (secondary N) is 1. The van der Waals surface area contributed by atoms with Crippen molar-refractivity contribution < 1.29 is 4.79 Å². The number of aromatic nitrogens is 2. The molecule has 2 aromatic rings. The molecule has 0 unspecified atom stereocenters. The minimum Gasteiger partial charge on any atom is -0.344 e. The van der Waals surface area contributed by atoms with E-state index in [1.165, 1.54) is 0 Å². The maximum atomic E-state index is 12.2. The summed E-state index contributed by atoms with van der Waals surface area (Å²) in [6.07, 6.45) is 1.67. The second-order valence-corrected chi connectivity index (χ2v) is 6.19. The van der Waals surface area contributed by atoms with E-state index in [-0.39, 0.29) is 5.91 Å². The third kappa shape index (κ3) is 3.52. The summed E-state index contributed by atoms with van der Waals surface area (Å²) in [5.41, 5.74) is 4.32. The molecule has 1 aromatic heterocycles. The molecule has 23 heavy (non-hydrogen) atoms. The number of amides is 1. The van der Waals surface area contributed by atoms with Gasteiger partial charge in [-0.25, -0.2) is 4.98 Å². The Labute approximate surface area is 136 Å². The number of nitrogens with zero attached hydrogens (tertiary/aromatic N) is 4. The number of hydrazone groups is 1. The van der Waals surface area contributed by atoms with Gasteiger partial charge >= 0.3 is 0 Å². The molecule has 1 aliphatic heterocycles. The summed E-state index contributed by atoms with van der Waals surface area (Å²) in [5, 5.41) is 6.20. The fourth-order valence-corrected chi connectivity index (χ4v) is 2.77. The van der Waals surface area contributed by atoms with E-state index in [0.717, 1.165) is 47.5 Å². The second-order valence-electron chi connectivity index (χ2n) is 6.19. The van der Waals surface area contributed by atoms with Crippen molar-refractivity contribution in [3.63, 3.8) is 0 Å². The van der Waals surface area contributed by atoms with Crippen LogP contribution in [0.25, 0.3) is 11.0 Å². The smallest absolute Gasteiger partial charge is 0.243 e. The van der Waals surface area contributed by atoms with Gasteiger partial charge in [-0.05, 0) is 25.5 Å². The summed E-state index contributed by atoms with van der Waals surface area (Å²) >= 11 is 0. The first-order chi connectivity index (χ1) is 11.0. The molecule has 0 atom stereocenters. The van der Waals surface area contributed by atoms with Gasteiger partial charge in [-0.15, -0.1) is 0 Å². The van der Waals surface area contributed by atoms with Crippen LogP contribution < -0.4 is 0 Å². The molecule has 0 bridgehead atoms. The van der Waals surface area contributed by atoms with E-state index >= 15 is 0 Å². The summed E-state index contributed by atoms with van der Waals surface area (Å²) in [7, 11) is 1.84. The number of H-pyrrole nitrogens is 1. The van der Waals surface area contributed by atoms with Crippen LogP contribution in [0.1, 0.15) is 24.7 Å². The van der Waals surface area contributed by atoms with Gasteiger partial charge in [0.15, 0.2) is 0 Å². The molecular formula is C17H23N5O. The van der Waals surface area contributed by atoms with Crippen LogP contribution in [0.3, 0.4) is 0 Å². The number of carbonyl (C=O) groups is 1. The number of hydrogen-bond acceptors (Lipinski definition) is 4. The lowest BCUT2D eigenvalue weighted by Gasteiger charge is -2.20. The molecule has 0 fully saturated rings. The van der Waals surface area contributed by atoms with E-state index in [1.54, 1.807) is 4.90 Å². The maximum Gasteiger partial charge on any atom is 0.243 e. The van der Waals surface area contributed by atoms with Crippen molar-refractivity contribution in [2.75, 3.05) is 26.7 Å². The zero-order valence-electron chi connectivity index (χ0n) is 14.0. The lowest BCUT2D eigenvalue weighted by molar-refractivity contribution is -0.131. The number of aromatic amines is 1. The normalized spacial score (nSPS) is 14.4. The van der Waals surface area contributed by atoms with Crippen LogP contribution in [-0.2, 0) is 11.2 Å². The number of hydrogen-bond donors (Lipinski definition) is 1. The Morgan fingerprint density at radius 1 is 1.39 bits per heavy atom. The third-order valence-electron chi connectivity index (χ3n) is 4.23. The number of rotatable bonds is 5. The maximum absolute atomic E-state index is 12.2. The predicted octanol–water partition coefficient (Wildman–Crippen LogP) is 1.95. The molecule has 0 saturated heterocycles. The lowest BCUT2D eigenvalue weighted by Crippen LogP contribution is -2.36. The summed E-state index contributed by atoms with van der Waals surface area (Å²) in [6.45, 7) is 5.90. The van der Waals surface area contributed by atoms with E-state index in [9.17, 15) is 4.79 Å². The second kappa shape index (κ2) is 6.40. The van der Waals surface area contributed by atoms with Crippen LogP contribution in [0, 0.1) is 6.92 Å². The van der Waals surface area contributed by atoms with Gasteiger partial charge in [0.2, 0.25) is 5.91 Å². The first-order valence-electron chi connectivity index (χ1n) is 8.00. The predicted molar refractivity (Wildman–Crippen MR) is 91.5 cm³/mol. The molecule has 122 valence electrons. The Morgan fingerprint density at radius 3 is 2.91 bits per heavy atom. The minimum absolute atomic E-state index is 0.0933. The Bertz CT molecular complexity index is 749. The quantitative estimate of drug-likeness (QED) is 0.917. The van der Waals surface area contributed by atoms with E-state index in [1.807, 2.05) is 31.1 Å². The number of carbonyl (C=O) groups excluding carboxylic acids is 1. The number of aryl methyl sites for hydroxylation is 1. The zero-order chi connectivity index (χ0) is 16.4. The highest BCUT2D eigenvalue weighted by Gasteiger charge is 2.17. The van der Waals surface area contributed by atoms with Crippen molar-refractivity contribution >= 4 is 22.7 Å². The first-order valence-corrected chi connectivity index (χ1v) is 8.00. The molecule has 6 heteroatoms. The van der Waals surface area contributed by atoms with Gasteiger partial charge in [-0.3, -0.25) is 9.80 Å². The van der Waals surface area contributed by atoms with Crippen molar-refractivity contribution in [1.82, 2.24) is 19.9 Å². The molecule has 0 saturated carbocycles. The average molecular weight is 313 g/mol. The standard InChI is InChI=1S/C17H23N5O/c1-12-5-4-6-14-17(12)19-15(18-14)8-9-21(3)16(23)11-22-10-7-13(2)20-22/h4-6H,7-11H2,1-3H3,(H,18,19). The molecule has 0 radical (unpaired) electrons. The zero-order valence-corrected chi connectivity index (χ0v) is 14.0. The highest BCUT2D eigenvalue weighted by atomic mass is 16.2. The van der Waals surface area contributed by atoms with Crippen LogP contribution >= 0.6 is 0 Å². The number of fused-ring (bicyclic) bond motifs is 1. The Morgan fingerprint density at radius 2 is 2.22 bits per heavy atom. The van der Waals surface area contributed by atoms with E-state index in [4.69, 9.17) is 0 Å². The van der Waals surface area contributed by atoms with Crippen molar-refractivity contribution in [1.29, 1.82) is 0 Å². The van der Waals surface area contributed by atoms with Gasteiger partial charge in [-0.1, -0.05) is 12.1 Å². The summed E-state index contributed by atoms with van der Waals surface area (Å²) in [5.74, 6) is 1.01. The van der Waals surface area contributed by atoms with Crippen molar-refractivity contribution in [3.8, 4) is 0 Å². The SMILES string of the molecule is CC1=NN(CC(=O)N(C)CCc2nc3c(C)cccc3[nH]2)CC1. The highest BCUT2D eigenvalue weighted by Crippen LogP contribution is 2.15. The van der Waals surface area contributed by atoms with Crippen molar-refractivity contribution in [2.45, 2.75) is 26.7 Å². The number of para-hydroxylation sites is 1. The molecule has 0 spiro atoms. The van der Waals surface area contributed by atoms with Crippen LogP contribution in [0.15, 0.2) is 23.3 Å².